The Labute approximate surface area is 114 Å². The summed E-state index contributed by atoms with van der Waals surface area (Å²) in [4.78, 5) is 4.53. The first-order chi connectivity index (χ1) is 9.33. The van der Waals surface area contributed by atoms with Crippen LogP contribution in [-0.4, -0.2) is 24.7 Å². The number of para-hydroxylation sites is 1. The first kappa shape index (κ1) is 13.6. The lowest BCUT2D eigenvalue weighted by Crippen LogP contribution is -2.20. The number of allylic oxidation sites excluding steroid dienone is 1. The normalized spacial score (nSPS) is 12.9. The van der Waals surface area contributed by atoms with Crippen molar-refractivity contribution in [1.82, 2.24) is 10.3 Å². The van der Waals surface area contributed by atoms with Crippen LogP contribution in [0.25, 0.3) is 10.9 Å². The Morgan fingerprint density at radius 1 is 1.26 bits per heavy atom. The maximum Gasteiger partial charge on any atom is 0.214 e. The van der Waals surface area contributed by atoms with E-state index in [-0.39, 0.29) is 6.10 Å². The molecule has 1 atom stereocenters. The summed E-state index contributed by atoms with van der Waals surface area (Å²) in [5.41, 5.74) is 0.966. The van der Waals surface area contributed by atoms with Gasteiger partial charge in [0.2, 0.25) is 5.88 Å². The third kappa shape index (κ3) is 3.80. The van der Waals surface area contributed by atoms with Gasteiger partial charge in [0.25, 0.3) is 0 Å². The number of benzene rings is 1. The Kier molecular flexibility index (Phi) is 4.93. The van der Waals surface area contributed by atoms with Crippen molar-refractivity contribution in [3.05, 3.63) is 48.6 Å². The largest absolute Gasteiger partial charge is 0.470 e. The van der Waals surface area contributed by atoms with Gasteiger partial charge in [-0.2, -0.15) is 0 Å². The van der Waals surface area contributed by atoms with Crippen molar-refractivity contribution in [2.45, 2.75) is 19.4 Å². The number of pyridine rings is 1. The number of hydrogen-bond acceptors (Lipinski definition) is 3. The molecular formula is C16H20N2O. The lowest BCUT2D eigenvalue weighted by Gasteiger charge is -2.15. The summed E-state index contributed by atoms with van der Waals surface area (Å²) in [6, 6.07) is 12.0. The van der Waals surface area contributed by atoms with E-state index < -0.39 is 0 Å². The van der Waals surface area contributed by atoms with Crippen LogP contribution in [0, 0.1) is 0 Å². The van der Waals surface area contributed by atoms with Crippen LogP contribution in [0.4, 0.5) is 0 Å². The summed E-state index contributed by atoms with van der Waals surface area (Å²) in [5.74, 6) is 0.679. The molecule has 19 heavy (non-hydrogen) atoms. The fourth-order valence-corrected chi connectivity index (χ4v) is 1.96. The number of fused-ring (bicyclic) bond motifs is 1. The molecule has 2 aromatic rings. The number of hydrogen-bond donors (Lipinski definition) is 1. The van der Waals surface area contributed by atoms with Crippen LogP contribution >= 0.6 is 0 Å². The topological polar surface area (TPSA) is 34.1 Å². The van der Waals surface area contributed by atoms with Gasteiger partial charge in [-0.3, -0.25) is 0 Å². The van der Waals surface area contributed by atoms with Crippen molar-refractivity contribution in [1.29, 1.82) is 0 Å². The fourth-order valence-electron chi connectivity index (χ4n) is 1.96. The summed E-state index contributed by atoms with van der Waals surface area (Å²) in [6.45, 7) is 2.92. The minimum absolute atomic E-state index is 0.0612. The minimum Gasteiger partial charge on any atom is -0.470 e. The van der Waals surface area contributed by atoms with Crippen molar-refractivity contribution < 1.29 is 4.74 Å². The van der Waals surface area contributed by atoms with E-state index in [9.17, 15) is 0 Å². The molecule has 1 unspecified atom stereocenters. The zero-order valence-electron chi connectivity index (χ0n) is 11.5. The zero-order valence-corrected chi connectivity index (χ0v) is 11.5. The lowest BCUT2D eigenvalue weighted by molar-refractivity contribution is 0.229. The third-order valence-electron chi connectivity index (χ3n) is 2.93. The second-order valence-corrected chi connectivity index (χ2v) is 4.42. The summed E-state index contributed by atoms with van der Waals surface area (Å²) in [6.07, 6.45) is 5.07. The van der Waals surface area contributed by atoms with Crippen molar-refractivity contribution in [3.8, 4) is 5.88 Å². The van der Waals surface area contributed by atoms with Crippen LogP contribution < -0.4 is 10.1 Å². The highest BCUT2D eigenvalue weighted by Crippen LogP contribution is 2.17. The van der Waals surface area contributed by atoms with Crippen molar-refractivity contribution in [2.75, 3.05) is 13.6 Å². The third-order valence-corrected chi connectivity index (χ3v) is 2.93. The molecule has 0 fully saturated rings. The van der Waals surface area contributed by atoms with E-state index in [2.05, 4.69) is 22.4 Å². The predicted molar refractivity (Wildman–Crippen MR) is 79.5 cm³/mol. The van der Waals surface area contributed by atoms with E-state index in [1.54, 1.807) is 0 Å². The molecule has 2 rings (SSSR count). The molecule has 0 amide bonds. The Morgan fingerprint density at radius 2 is 2.11 bits per heavy atom. The monoisotopic (exact) mass is 256 g/mol. The zero-order chi connectivity index (χ0) is 13.5. The van der Waals surface area contributed by atoms with Gasteiger partial charge < -0.3 is 10.1 Å². The molecule has 3 nitrogen and oxygen atoms in total. The van der Waals surface area contributed by atoms with Gasteiger partial charge in [0.1, 0.15) is 6.10 Å². The molecule has 0 spiro atoms. The Balaban J connectivity index is 2.13. The van der Waals surface area contributed by atoms with Gasteiger partial charge in [0.15, 0.2) is 0 Å². The fraction of sp³-hybridized carbons (Fsp3) is 0.312. The van der Waals surface area contributed by atoms with Gasteiger partial charge in [0, 0.05) is 17.9 Å². The number of nitrogens with zero attached hydrogens (tertiary/aromatic N) is 1. The second-order valence-electron chi connectivity index (χ2n) is 4.42. The molecule has 0 aliphatic rings. The standard InChI is InChI=1S/C16H20N2O/c1-3-6-14(11-12-17-2)19-16-10-9-13-7-4-5-8-15(13)18-16/h3-10,14,17H,11-12H2,1-2H3. The van der Waals surface area contributed by atoms with E-state index in [0.29, 0.717) is 5.88 Å². The molecule has 1 N–H and O–H groups in total. The molecule has 0 saturated carbocycles. The number of ether oxygens (including phenoxy) is 1. The van der Waals surface area contributed by atoms with Gasteiger partial charge in [-0.1, -0.05) is 24.3 Å². The van der Waals surface area contributed by atoms with E-state index in [0.717, 1.165) is 23.9 Å². The molecule has 1 aromatic carbocycles. The maximum atomic E-state index is 5.93. The Morgan fingerprint density at radius 3 is 2.89 bits per heavy atom. The van der Waals surface area contributed by atoms with Crippen LogP contribution in [0.15, 0.2) is 48.6 Å². The predicted octanol–water partition coefficient (Wildman–Crippen LogP) is 3.17. The van der Waals surface area contributed by atoms with Crippen LogP contribution in [0.2, 0.25) is 0 Å². The molecule has 1 heterocycles. The molecule has 0 aliphatic heterocycles. The Bertz CT molecular complexity index is 551. The summed E-state index contributed by atoms with van der Waals surface area (Å²) < 4.78 is 5.93. The molecule has 3 heteroatoms. The first-order valence-electron chi connectivity index (χ1n) is 6.63. The average molecular weight is 256 g/mol. The number of rotatable bonds is 6. The van der Waals surface area contributed by atoms with Crippen LogP contribution in [0.3, 0.4) is 0 Å². The minimum atomic E-state index is 0.0612. The number of nitrogens with one attached hydrogen (secondary N) is 1. The molecule has 0 aliphatic carbocycles. The summed E-state index contributed by atoms with van der Waals surface area (Å²) >= 11 is 0. The van der Waals surface area contributed by atoms with Crippen molar-refractivity contribution >= 4 is 10.9 Å². The molecule has 0 saturated heterocycles. The lowest BCUT2D eigenvalue weighted by atomic mass is 10.2. The highest BCUT2D eigenvalue weighted by atomic mass is 16.5. The SMILES string of the molecule is CC=CC(CCNC)Oc1ccc2ccccc2n1. The first-order valence-corrected chi connectivity index (χ1v) is 6.63. The molecule has 100 valence electrons. The average Bonchev–Trinajstić information content (AvgIpc) is 2.45. The molecular weight excluding hydrogens is 236 g/mol. The molecule has 0 bridgehead atoms. The van der Waals surface area contributed by atoms with Crippen LogP contribution in [0.5, 0.6) is 5.88 Å². The van der Waals surface area contributed by atoms with Gasteiger partial charge in [-0.05, 0) is 38.7 Å². The van der Waals surface area contributed by atoms with E-state index in [1.165, 1.54) is 0 Å². The van der Waals surface area contributed by atoms with Crippen molar-refractivity contribution in [3.63, 3.8) is 0 Å². The highest BCUT2D eigenvalue weighted by Gasteiger charge is 2.07. The second kappa shape index (κ2) is 6.90. The van der Waals surface area contributed by atoms with Crippen LogP contribution in [-0.2, 0) is 0 Å². The quantitative estimate of drug-likeness (QED) is 0.806. The van der Waals surface area contributed by atoms with Gasteiger partial charge in [-0.25, -0.2) is 4.98 Å². The molecule has 1 aromatic heterocycles. The van der Waals surface area contributed by atoms with Gasteiger partial charge >= 0.3 is 0 Å². The van der Waals surface area contributed by atoms with E-state index >= 15 is 0 Å². The van der Waals surface area contributed by atoms with Crippen LogP contribution in [0.1, 0.15) is 13.3 Å². The Hall–Kier alpha value is -1.87. The smallest absolute Gasteiger partial charge is 0.214 e. The van der Waals surface area contributed by atoms with Gasteiger partial charge in [-0.15, -0.1) is 0 Å². The molecule has 0 radical (unpaired) electrons. The maximum absolute atomic E-state index is 5.93. The summed E-state index contributed by atoms with van der Waals surface area (Å²) in [5, 5.41) is 4.27. The summed E-state index contributed by atoms with van der Waals surface area (Å²) in [7, 11) is 1.95. The number of aromatic nitrogens is 1. The van der Waals surface area contributed by atoms with Crippen molar-refractivity contribution in [2.24, 2.45) is 0 Å². The van der Waals surface area contributed by atoms with E-state index in [1.807, 2.05) is 50.4 Å². The highest BCUT2D eigenvalue weighted by molar-refractivity contribution is 5.78. The van der Waals surface area contributed by atoms with Gasteiger partial charge in [0.05, 0.1) is 5.52 Å². The van der Waals surface area contributed by atoms with E-state index in [4.69, 9.17) is 4.74 Å².